The van der Waals surface area contributed by atoms with E-state index in [-0.39, 0.29) is 0 Å². The van der Waals surface area contributed by atoms with Gasteiger partial charge in [-0.3, -0.25) is 0 Å². The van der Waals surface area contributed by atoms with Gasteiger partial charge in [0.25, 0.3) is 0 Å². The Bertz CT molecular complexity index is 589. The molecule has 0 radical (unpaired) electrons. The fourth-order valence-corrected chi connectivity index (χ4v) is 2.28. The largest absolute Gasteiger partial charge is 0.354 e. The third-order valence-electron chi connectivity index (χ3n) is 2.46. The second kappa shape index (κ2) is 6.21. The van der Waals surface area contributed by atoms with E-state index in [1.807, 2.05) is 32.0 Å². The summed E-state index contributed by atoms with van der Waals surface area (Å²) in [6.45, 7) is 4.78. The predicted molar refractivity (Wildman–Crippen MR) is 83.4 cm³/mol. The third-order valence-corrected chi connectivity index (χ3v) is 3.39. The van der Waals surface area contributed by atoms with Gasteiger partial charge in [-0.1, -0.05) is 17.7 Å². The summed E-state index contributed by atoms with van der Waals surface area (Å²) in [6, 6.07) is 6.03. The molecule has 0 aliphatic heterocycles. The Morgan fingerprint density at radius 2 is 2.16 bits per heavy atom. The molecule has 0 amide bonds. The molecule has 0 unspecified atom stereocenters. The maximum absolute atomic E-state index is 6.10. The van der Waals surface area contributed by atoms with Crippen LogP contribution in [-0.4, -0.2) is 16.5 Å². The van der Waals surface area contributed by atoms with Gasteiger partial charge in [-0.25, -0.2) is 4.98 Å². The minimum absolute atomic E-state index is 0.481. The van der Waals surface area contributed by atoms with Gasteiger partial charge in [0.2, 0.25) is 5.95 Å². The zero-order valence-electron chi connectivity index (χ0n) is 10.7. The SMILES string of the molecule is CCNc1ncc(Cl)c(Nc2ccc(C)cc2Br)n1. The summed E-state index contributed by atoms with van der Waals surface area (Å²) in [5.41, 5.74) is 2.09. The van der Waals surface area contributed by atoms with Crippen molar-refractivity contribution < 1.29 is 0 Å². The molecular weight excluding hydrogens is 328 g/mol. The van der Waals surface area contributed by atoms with E-state index in [1.165, 1.54) is 5.56 Å². The van der Waals surface area contributed by atoms with E-state index in [1.54, 1.807) is 6.20 Å². The Morgan fingerprint density at radius 1 is 1.37 bits per heavy atom. The van der Waals surface area contributed by atoms with Crippen molar-refractivity contribution in [3.63, 3.8) is 0 Å². The summed E-state index contributed by atoms with van der Waals surface area (Å²) >= 11 is 9.61. The van der Waals surface area contributed by atoms with Crippen LogP contribution in [0.3, 0.4) is 0 Å². The number of nitrogens with zero attached hydrogens (tertiary/aromatic N) is 2. The lowest BCUT2D eigenvalue weighted by Crippen LogP contribution is -2.04. The van der Waals surface area contributed by atoms with Crippen LogP contribution in [0, 0.1) is 6.92 Å². The highest BCUT2D eigenvalue weighted by molar-refractivity contribution is 9.10. The molecule has 19 heavy (non-hydrogen) atoms. The molecule has 0 bridgehead atoms. The van der Waals surface area contributed by atoms with E-state index in [0.29, 0.717) is 16.8 Å². The zero-order valence-corrected chi connectivity index (χ0v) is 13.0. The Labute approximate surface area is 125 Å². The van der Waals surface area contributed by atoms with Gasteiger partial charge in [0.05, 0.1) is 11.9 Å². The number of nitrogens with one attached hydrogen (secondary N) is 2. The molecule has 2 N–H and O–H groups in total. The van der Waals surface area contributed by atoms with Crippen LogP contribution in [0.25, 0.3) is 0 Å². The van der Waals surface area contributed by atoms with Crippen molar-refractivity contribution >= 4 is 45.0 Å². The molecule has 0 spiro atoms. The lowest BCUT2D eigenvalue weighted by Gasteiger charge is -2.11. The fourth-order valence-electron chi connectivity index (χ4n) is 1.55. The molecule has 0 atom stereocenters. The molecule has 0 fully saturated rings. The molecule has 2 aromatic rings. The van der Waals surface area contributed by atoms with E-state index in [0.717, 1.165) is 16.7 Å². The van der Waals surface area contributed by atoms with Crippen LogP contribution >= 0.6 is 27.5 Å². The Kier molecular flexibility index (Phi) is 4.61. The average molecular weight is 342 g/mol. The van der Waals surface area contributed by atoms with E-state index in [2.05, 4.69) is 36.5 Å². The van der Waals surface area contributed by atoms with E-state index < -0.39 is 0 Å². The van der Waals surface area contributed by atoms with Crippen molar-refractivity contribution in [2.75, 3.05) is 17.2 Å². The molecule has 6 heteroatoms. The van der Waals surface area contributed by atoms with Gasteiger partial charge in [-0.15, -0.1) is 0 Å². The van der Waals surface area contributed by atoms with Crippen LogP contribution in [-0.2, 0) is 0 Å². The molecule has 0 saturated heterocycles. The molecule has 1 heterocycles. The van der Waals surface area contributed by atoms with E-state index in [4.69, 9.17) is 11.6 Å². The minimum Gasteiger partial charge on any atom is -0.354 e. The monoisotopic (exact) mass is 340 g/mol. The normalized spacial score (nSPS) is 10.3. The number of aromatic nitrogens is 2. The Hall–Kier alpha value is -1.33. The Balaban J connectivity index is 2.29. The minimum atomic E-state index is 0.481. The van der Waals surface area contributed by atoms with Gasteiger partial charge in [-0.2, -0.15) is 4.98 Å². The second-order valence-electron chi connectivity index (χ2n) is 4.03. The van der Waals surface area contributed by atoms with Gasteiger partial charge >= 0.3 is 0 Å². The molecule has 2 rings (SSSR count). The third kappa shape index (κ3) is 3.58. The summed E-state index contributed by atoms with van der Waals surface area (Å²) in [7, 11) is 0. The number of hydrogen-bond donors (Lipinski definition) is 2. The van der Waals surface area contributed by atoms with Crippen LogP contribution < -0.4 is 10.6 Å². The molecule has 1 aromatic heterocycles. The molecular formula is C13H14BrClN4. The van der Waals surface area contributed by atoms with Crippen LogP contribution in [0.1, 0.15) is 12.5 Å². The lowest BCUT2D eigenvalue weighted by atomic mass is 10.2. The van der Waals surface area contributed by atoms with Crippen LogP contribution in [0.2, 0.25) is 5.02 Å². The molecule has 0 saturated carbocycles. The van der Waals surface area contributed by atoms with Crippen LogP contribution in [0.4, 0.5) is 17.5 Å². The van der Waals surface area contributed by atoms with E-state index >= 15 is 0 Å². The van der Waals surface area contributed by atoms with Gasteiger partial charge in [0.15, 0.2) is 5.82 Å². The maximum Gasteiger partial charge on any atom is 0.224 e. The highest BCUT2D eigenvalue weighted by Crippen LogP contribution is 2.29. The summed E-state index contributed by atoms with van der Waals surface area (Å²) in [5, 5.41) is 6.73. The summed E-state index contributed by atoms with van der Waals surface area (Å²) in [5.74, 6) is 1.13. The molecule has 0 aliphatic rings. The number of hydrogen-bond acceptors (Lipinski definition) is 4. The quantitative estimate of drug-likeness (QED) is 0.866. The number of halogens is 2. The van der Waals surface area contributed by atoms with Crippen molar-refractivity contribution in [2.45, 2.75) is 13.8 Å². The predicted octanol–water partition coefficient (Wildman–Crippen LogP) is 4.38. The van der Waals surface area contributed by atoms with Crippen molar-refractivity contribution in [2.24, 2.45) is 0 Å². The van der Waals surface area contributed by atoms with Crippen molar-refractivity contribution in [3.05, 3.63) is 39.5 Å². The molecule has 1 aromatic carbocycles. The zero-order chi connectivity index (χ0) is 13.8. The smallest absolute Gasteiger partial charge is 0.224 e. The fraction of sp³-hybridized carbons (Fsp3) is 0.231. The lowest BCUT2D eigenvalue weighted by molar-refractivity contribution is 1.09. The highest BCUT2D eigenvalue weighted by atomic mass is 79.9. The summed E-state index contributed by atoms with van der Waals surface area (Å²) in [4.78, 5) is 8.44. The average Bonchev–Trinajstić information content (AvgIpc) is 2.37. The first-order valence-electron chi connectivity index (χ1n) is 5.89. The second-order valence-corrected chi connectivity index (χ2v) is 5.29. The summed E-state index contributed by atoms with van der Waals surface area (Å²) < 4.78 is 0.965. The van der Waals surface area contributed by atoms with Crippen LogP contribution in [0.5, 0.6) is 0 Å². The van der Waals surface area contributed by atoms with Gasteiger partial charge in [-0.05, 0) is 47.5 Å². The molecule has 100 valence electrons. The first kappa shape index (κ1) is 14.1. The first-order chi connectivity index (χ1) is 9.10. The van der Waals surface area contributed by atoms with Crippen molar-refractivity contribution in [3.8, 4) is 0 Å². The number of rotatable bonds is 4. The van der Waals surface area contributed by atoms with Crippen LogP contribution in [0.15, 0.2) is 28.9 Å². The Morgan fingerprint density at radius 3 is 2.84 bits per heavy atom. The van der Waals surface area contributed by atoms with Crippen molar-refractivity contribution in [1.82, 2.24) is 9.97 Å². The number of benzene rings is 1. The number of anilines is 3. The van der Waals surface area contributed by atoms with Gasteiger partial charge < -0.3 is 10.6 Å². The van der Waals surface area contributed by atoms with Gasteiger partial charge in [0.1, 0.15) is 5.02 Å². The first-order valence-corrected chi connectivity index (χ1v) is 7.07. The molecule has 0 aliphatic carbocycles. The summed E-state index contributed by atoms with van der Waals surface area (Å²) in [6.07, 6.45) is 1.58. The standard InChI is InChI=1S/C13H14BrClN4/c1-3-16-13-17-7-10(15)12(19-13)18-11-5-4-8(2)6-9(11)14/h4-7H,3H2,1-2H3,(H2,16,17,18,19). The van der Waals surface area contributed by atoms with Gasteiger partial charge in [0, 0.05) is 11.0 Å². The maximum atomic E-state index is 6.10. The topological polar surface area (TPSA) is 49.8 Å². The van der Waals surface area contributed by atoms with Crippen molar-refractivity contribution in [1.29, 1.82) is 0 Å². The van der Waals surface area contributed by atoms with E-state index in [9.17, 15) is 0 Å². The number of aryl methyl sites for hydroxylation is 1. The highest BCUT2D eigenvalue weighted by Gasteiger charge is 2.07. The molecule has 4 nitrogen and oxygen atoms in total.